The van der Waals surface area contributed by atoms with E-state index in [-0.39, 0.29) is 17.9 Å². The molecule has 1 aromatic rings. The molecular weight excluding hydrogens is 274 g/mol. The summed E-state index contributed by atoms with van der Waals surface area (Å²) in [6.45, 7) is 3.13. The number of aliphatic hydroxyl groups is 1. The molecule has 0 aliphatic heterocycles. The molecule has 0 aromatic heterocycles. The molecule has 0 fully saturated rings. The average molecular weight is 291 g/mol. The Balaban J connectivity index is 3.19. The molecule has 1 rings (SSSR count). The molecule has 21 heavy (non-hydrogen) atoms. The van der Waals surface area contributed by atoms with Gasteiger partial charge >= 0.3 is 11.9 Å². The number of carboxylic acids is 1. The first-order valence-corrected chi connectivity index (χ1v) is 6.39. The normalized spacial score (nSPS) is 13.6. The van der Waals surface area contributed by atoms with E-state index in [1.807, 2.05) is 0 Å². The van der Waals surface area contributed by atoms with Crippen LogP contribution in [-0.2, 0) is 14.3 Å². The van der Waals surface area contributed by atoms with Crippen molar-refractivity contribution in [1.29, 1.82) is 0 Å². The Morgan fingerprint density at radius 1 is 1.29 bits per heavy atom. The number of carboxylic acid groups (broad SMARTS) is 1. The van der Waals surface area contributed by atoms with E-state index in [0.29, 0.717) is 5.56 Å². The van der Waals surface area contributed by atoms with Crippen LogP contribution in [0.15, 0.2) is 40.9 Å². The van der Waals surface area contributed by atoms with E-state index in [2.05, 4.69) is 4.99 Å². The van der Waals surface area contributed by atoms with Crippen LogP contribution >= 0.6 is 0 Å². The van der Waals surface area contributed by atoms with Gasteiger partial charge in [-0.3, -0.25) is 4.99 Å². The second-order valence-electron chi connectivity index (χ2n) is 4.14. The second kappa shape index (κ2) is 7.84. The van der Waals surface area contributed by atoms with Crippen LogP contribution in [0.5, 0.6) is 0 Å². The first-order chi connectivity index (χ1) is 9.97. The Kier molecular flexibility index (Phi) is 6.13. The number of aliphatic carboxylic acids is 1. The molecule has 0 spiro atoms. The minimum Gasteiger partial charge on any atom is -0.506 e. The third kappa shape index (κ3) is 4.76. The highest BCUT2D eigenvalue weighted by Crippen LogP contribution is 2.16. The second-order valence-corrected chi connectivity index (χ2v) is 4.14. The zero-order valence-electron chi connectivity index (χ0n) is 11.8. The molecule has 0 radical (unpaired) electrons. The van der Waals surface area contributed by atoms with Gasteiger partial charge < -0.3 is 14.9 Å². The van der Waals surface area contributed by atoms with Crippen LogP contribution in [0.25, 0.3) is 5.76 Å². The highest BCUT2D eigenvalue weighted by atomic mass is 16.5. The SMILES string of the molecule is CCOC(=O)/C(C=NC(C)C(=O)O)=C(/O)c1ccccc1. The molecule has 6 nitrogen and oxygen atoms in total. The van der Waals surface area contributed by atoms with Crippen molar-refractivity contribution in [3.05, 3.63) is 41.5 Å². The van der Waals surface area contributed by atoms with Crippen molar-refractivity contribution >= 4 is 23.9 Å². The predicted molar refractivity (Wildman–Crippen MR) is 78.2 cm³/mol. The van der Waals surface area contributed by atoms with Gasteiger partial charge in [0.1, 0.15) is 17.4 Å². The lowest BCUT2D eigenvalue weighted by Gasteiger charge is -2.07. The fraction of sp³-hybridized carbons (Fsp3) is 0.267. The Morgan fingerprint density at radius 2 is 1.90 bits per heavy atom. The number of nitrogens with zero attached hydrogens (tertiary/aromatic N) is 1. The molecule has 1 atom stereocenters. The first-order valence-electron chi connectivity index (χ1n) is 6.39. The van der Waals surface area contributed by atoms with Gasteiger partial charge in [0.2, 0.25) is 0 Å². The Hall–Kier alpha value is -2.63. The van der Waals surface area contributed by atoms with Gasteiger partial charge in [0, 0.05) is 11.8 Å². The molecule has 112 valence electrons. The Morgan fingerprint density at radius 3 is 2.43 bits per heavy atom. The molecule has 2 N–H and O–H groups in total. The largest absolute Gasteiger partial charge is 0.506 e. The summed E-state index contributed by atoms with van der Waals surface area (Å²) in [6, 6.07) is 7.36. The Labute approximate surface area is 122 Å². The monoisotopic (exact) mass is 291 g/mol. The van der Waals surface area contributed by atoms with Crippen LogP contribution in [0, 0.1) is 0 Å². The molecule has 1 unspecified atom stereocenters. The van der Waals surface area contributed by atoms with Gasteiger partial charge in [-0.2, -0.15) is 0 Å². The van der Waals surface area contributed by atoms with Gasteiger partial charge in [-0.05, 0) is 13.8 Å². The van der Waals surface area contributed by atoms with Crippen LogP contribution in [0.3, 0.4) is 0 Å². The Bertz CT molecular complexity index is 563. The summed E-state index contributed by atoms with van der Waals surface area (Å²) < 4.78 is 4.84. The summed E-state index contributed by atoms with van der Waals surface area (Å²) in [5.41, 5.74) is 0.228. The van der Waals surface area contributed by atoms with Crippen molar-refractivity contribution in [1.82, 2.24) is 0 Å². The molecule has 0 aliphatic rings. The minimum absolute atomic E-state index is 0.132. The van der Waals surface area contributed by atoms with E-state index in [4.69, 9.17) is 9.84 Å². The molecule has 1 aromatic carbocycles. The zero-order chi connectivity index (χ0) is 15.8. The number of carbonyl (C=O) groups excluding carboxylic acids is 1. The molecule has 0 amide bonds. The number of rotatable bonds is 6. The van der Waals surface area contributed by atoms with E-state index < -0.39 is 18.0 Å². The fourth-order valence-electron chi connectivity index (χ4n) is 1.42. The number of aliphatic hydroxyl groups excluding tert-OH is 1. The lowest BCUT2D eigenvalue weighted by atomic mass is 10.1. The van der Waals surface area contributed by atoms with Crippen LogP contribution in [0.1, 0.15) is 19.4 Å². The van der Waals surface area contributed by atoms with Crippen LogP contribution in [0.4, 0.5) is 0 Å². The first kappa shape index (κ1) is 16.4. The smallest absolute Gasteiger partial charge is 0.343 e. The maximum absolute atomic E-state index is 11.9. The van der Waals surface area contributed by atoms with Gasteiger partial charge in [-0.25, -0.2) is 9.59 Å². The van der Waals surface area contributed by atoms with Gasteiger partial charge in [0.05, 0.1) is 6.61 Å². The van der Waals surface area contributed by atoms with Gasteiger partial charge in [-0.1, -0.05) is 30.3 Å². The molecular formula is C15H17NO5. The highest BCUT2D eigenvalue weighted by Gasteiger charge is 2.17. The quantitative estimate of drug-likeness (QED) is 0.362. The summed E-state index contributed by atoms with van der Waals surface area (Å²) in [4.78, 5) is 26.3. The topological polar surface area (TPSA) is 96.2 Å². The number of hydrogen-bond donors (Lipinski definition) is 2. The lowest BCUT2D eigenvalue weighted by Crippen LogP contribution is -2.16. The summed E-state index contributed by atoms with van der Waals surface area (Å²) in [7, 11) is 0. The summed E-state index contributed by atoms with van der Waals surface area (Å²) in [6.07, 6.45) is 1.03. The third-order valence-corrected chi connectivity index (χ3v) is 2.58. The van der Waals surface area contributed by atoms with E-state index in [9.17, 15) is 14.7 Å². The molecule has 6 heteroatoms. The predicted octanol–water partition coefficient (Wildman–Crippen LogP) is 2.06. The summed E-state index contributed by atoms with van der Waals surface area (Å²) >= 11 is 0. The number of aliphatic imine (C=N–C) groups is 1. The average Bonchev–Trinajstić information content (AvgIpc) is 2.48. The maximum atomic E-state index is 11.9. The molecule has 0 saturated carbocycles. The van der Waals surface area contributed by atoms with Crippen molar-refractivity contribution in [3.63, 3.8) is 0 Å². The van der Waals surface area contributed by atoms with Crippen molar-refractivity contribution in [2.45, 2.75) is 19.9 Å². The number of hydrogen-bond acceptors (Lipinski definition) is 5. The summed E-state index contributed by atoms with van der Waals surface area (Å²) in [5, 5.41) is 19.0. The van der Waals surface area contributed by atoms with Crippen LogP contribution in [-0.4, -0.2) is 41.0 Å². The minimum atomic E-state index is -1.13. The van der Waals surface area contributed by atoms with Crippen LogP contribution in [0.2, 0.25) is 0 Å². The van der Waals surface area contributed by atoms with E-state index >= 15 is 0 Å². The molecule has 0 aliphatic carbocycles. The van der Waals surface area contributed by atoms with Crippen molar-refractivity contribution < 1.29 is 24.5 Å². The molecule has 0 bridgehead atoms. The number of ether oxygens (including phenoxy) is 1. The van der Waals surface area contributed by atoms with Gasteiger partial charge in [0.25, 0.3) is 0 Å². The van der Waals surface area contributed by atoms with Crippen molar-refractivity contribution in [2.24, 2.45) is 4.99 Å². The van der Waals surface area contributed by atoms with Crippen molar-refractivity contribution in [3.8, 4) is 0 Å². The number of esters is 1. The zero-order valence-corrected chi connectivity index (χ0v) is 11.8. The maximum Gasteiger partial charge on any atom is 0.343 e. The van der Waals surface area contributed by atoms with Gasteiger partial charge in [0.15, 0.2) is 0 Å². The highest BCUT2D eigenvalue weighted by molar-refractivity contribution is 6.15. The van der Waals surface area contributed by atoms with Gasteiger partial charge in [-0.15, -0.1) is 0 Å². The van der Waals surface area contributed by atoms with Crippen LogP contribution < -0.4 is 0 Å². The summed E-state index contributed by atoms with van der Waals surface area (Å²) in [5.74, 6) is -2.20. The number of carbonyl (C=O) groups is 2. The van der Waals surface area contributed by atoms with E-state index in [1.54, 1.807) is 37.3 Å². The van der Waals surface area contributed by atoms with E-state index in [1.165, 1.54) is 6.92 Å². The number of benzene rings is 1. The molecule has 0 heterocycles. The standard InChI is InChI=1S/C15H17NO5/c1-3-21-15(20)12(9-16-10(2)14(18)19)13(17)11-7-5-4-6-8-11/h4-10,17H,3H2,1-2H3,(H,18,19)/b13-12+,16-9?. The van der Waals surface area contributed by atoms with Crippen molar-refractivity contribution in [2.75, 3.05) is 6.61 Å². The fourth-order valence-corrected chi connectivity index (χ4v) is 1.42. The lowest BCUT2D eigenvalue weighted by molar-refractivity contribution is -0.139. The third-order valence-electron chi connectivity index (χ3n) is 2.58. The van der Waals surface area contributed by atoms with E-state index in [0.717, 1.165) is 6.21 Å². The molecule has 0 saturated heterocycles.